The number of sulfonamides is 1. The molecular weight excluding hydrogens is 428 g/mol. The molecule has 0 fully saturated rings. The normalized spacial score (nSPS) is 11.0. The fourth-order valence-electron chi connectivity index (χ4n) is 2.90. The Balaban J connectivity index is 2.73. The molecule has 2 rings (SSSR count). The van der Waals surface area contributed by atoms with Crippen molar-refractivity contribution in [1.29, 1.82) is 0 Å². The zero-order valence-corrected chi connectivity index (χ0v) is 18.3. The lowest BCUT2D eigenvalue weighted by Gasteiger charge is -2.26. The number of hydrogen-bond donors (Lipinski definition) is 0. The topological polar surface area (TPSA) is 133 Å². The predicted molar refractivity (Wildman–Crippen MR) is 112 cm³/mol. The Bertz CT molecular complexity index is 1130. The van der Waals surface area contributed by atoms with Crippen LogP contribution < -0.4 is 4.31 Å². The minimum Gasteiger partial charge on any atom is -0.468 e. The fraction of sp³-hybridized carbons (Fsp3) is 0.300. The lowest BCUT2D eigenvalue weighted by molar-refractivity contribution is -0.385. The van der Waals surface area contributed by atoms with Crippen molar-refractivity contribution in [3.8, 4) is 0 Å². The minimum atomic E-state index is -4.45. The SMILES string of the molecule is CCOC(=O)c1cccc(N(CC(=O)OC)S(=O)(=O)c2cc([N+](=O)[O-])ccc2C)c1C. The summed E-state index contributed by atoms with van der Waals surface area (Å²) in [4.78, 5) is 34.4. The van der Waals surface area contributed by atoms with E-state index in [1.54, 1.807) is 6.92 Å². The molecule has 0 saturated carbocycles. The highest BCUT2D eigenvalue weighted by molar-refractivity contribution is 7.93. The smallest absolute Gasteiger partial charge is 0.338 e. The van der Waals surface area contributed by atoms with E-state index in [1.807, 2.05) is 0 Å². The Morgan fingerprint density at radius 1 is 1.16 bits per heavy atom. The van der Waals surface area contributed by atoms with Crippen LogP contribution in [0.25, 0.3) is 0 Å². The van der Waals surface area contributed by atoms with E-state index in [0.717, 1.165) is 17.5 Å². The number of aryl methyl sites for hydroxylation is 1. The number of esters is 2. The maximum absolute atomic E-state index is 13.5. The first-order valence-electron chi connectivity index (χ1n) is 9.15. The average Bonchev–Trinajstić information content (AvgIpc) is 2.72. The van der Waals surface area contributed by atoms with Gasteiger partial charge in [-0.2, -0.15) is 0 Å². The standard InChI is InChI=1S/C20H22N2O8S/c1-5-30-20(24)16-7-6-8-17(14(16)3)21(12-19(23)29-4)31(27,28)18-11-15(22(25)26)10-9-13(18)2/h6-11H,5,12H2,1-4H3. The molecule has 2 aromatic carbocycles. The van der Waals surface area contributed by atoms with Crippen molar-refractivity contribution in [1.82, 2.24) is 0 Å². The van der Waals surface area contributed by atoms with Gasteiger partial charge in [-0.25, -0.2) is 13.2 Å². The van der Waals surface area contributed by atoms with Crippen LogP contribution in [-0.4, -0.2) is 45.5 Å². The quantitative estimate of drug-likeness (QED) is 0.340. The summed E-state index contributed by atoms with van der Waals surface area (Å²) in [6, 6.07) is 7.77. The third kappa shape index (κ3) is 5.00. The first kappa shape index (κ1) is 23.8. The number of carbonyl (C=O) groups is 2. The monoisotopic (exact) mass is 450 g/mol. The van der Waals surface area contributed by atoms with E-state index in [9.17, 15) is 28.1 Å². The van der Waals surface area contributed by atoms with Crippen molar-refractivity contribution in [2.45, 2.75) is 25.7 Å². The van der Waals surface area contributed by atoms with Crippen LogP contribution in [0.1, 0.15) is 28.4 Å². The second-order valence-corrected chi connectivity index (χ2v) is 8.30. The molecule has 0 aliphatic heterocycles. The number of nitro groups is 1. The number of hydrogen-bond acceptors (Lipinski definition) is 8. The van der Waals surface area contributed by atoms with Crippen molar-refractivity contribution in [3.05, 3.63) is 63.2 Å². The molecule has 0 aliphatic rings. The van der Waals surface area contributed by atoms with Gasteiger partial charge in [-0.1, -0.05) is 12.1 Å². The maximum atomic E-state index is 13.5. The van der Waals surface area contributed by atoms with E-state index >= 15 is 0 Å². The summed E-state index contributed by atoms with van der Waals surface area (Å²) in [5.74, 6) is -1.50. The molecular formula is C20H22N2O8S. The third-order valence-electron chi connectivity index (χ3n) is 4.52. The molecule has 0 unspecified atom stereocenters. The van der Waals surface area contributed by atoms with Crippen molar-refractivity contribution < 1.29 is 32.4 Å². The van der Waals surface area contributed by atoms with Crippen LogP contribution in [0.5, 0.6) is 0 Å². The highest BCUT2D eigenvalue weighted by Gasteiger charge is 2.32. The molecule has 0 aromatic heterocycles. The highest BCUT2D eigenvalue weighted by atomic mass is 32.2. The molecule has 0 heterocycles. The zero-order chi connectivity index (χ0) is 23.3. The van der Waals surface area contributed by atoms with E-state index in [2.05, 4.69) is 4.74 Å². The van der Waals surface area contributed by atoms with E-state index in [-0.39, 0.29) is 33.9 Å². The number of non-ortho nitro benzene ring substituents is 1. The largest absolute Gasteiger partial charge is 0.468 e. The molecule has 11 heteroatoms. The summed E-state index contributed by atoms with van der Waals surface area (Å²) in [5, 5.41) is 11.2. The number of benzene rings is 2. The second-order valence-electron chi connectivity index (χ2n) is 6.46. The molecule has 0 bridgehead atoms. The van der Waals surface area contributed by atoms with Gasteiger partial charge in [-0.05, 0) is 44.0 Å². The third-order valence-corrected chi connectivity index (χ3v) is 6.42. The van der Waals surface area contributed by atoms with Gasteiger partial charge in [0.2, 0.25) is 0 Å². The molecule has 0 amide bonds. The summed E-state index contributed by atoms with van der Waals surface area (Å²) in [5.41, 5.74) is 0.261. The van der Waals surface area contributed by atoms with Gasteiger partial charge < -0.3 is 9.47 Å². The predicted octanol–water partition coefficient (Wildman–Crippen LogP) is 2.76. The summed E-state index contributed by atoms with van der Waals surface area (Å²) >= 11 is 0. The van der Waals surface area contributed by atoms with Gasteiger partial charge in [0.1, 0.15) is 6.54 Å². The van der Waals surface area contributed by atoms with Gasteiger partial charge in [-0.3, -0.25) is 19.2 Å². The van der Waals surface area contributed by atoms with Crippen LogP contribution in [-0.2, 0) is 24.3 Å². The van der Waals surface area contributed by atoms with Crippen molar-refractivity contribution in [2.75, 3.05) is 24.6 Å². The second kappa shape index (κ2) is 9.56. The van der Waals surface area contributed by atoms with Crippen LogP contribution in [0.15, 0.2) is 41.3 Å². The molecule has 0 aliphatic carbocycles. The lowest BCUT2D eigenvalue weighted by Crippen LogP contribution is -2.37. The van der Waals surface area contributed by atoms with Crippen LogP contribution in [0.2, 0.25) is 0 Å². The van der Waals surface area contributed by atoms with Crippen molar-refractivity contribution in [3.63, 3.8) is 0 Å². The Hall–Kier alpha value is -3.47. The summed E-state index contributed by atoms with van der Waals surface area (Å²) in [6.07, 6.45) is 0. The number of methoxy groups -OCH3 is 1. The fourth-order valence-corrected chi connectivity index (χ4v) is 4.62. The van der Waals surface area contributed by atoms with E-state index < -0.39 is 39.1 Å². The van der Waals surface area contributed by atoms with Gasteiger partial charge in [0, 0.05) is 12.1 Å². The van der Waals surface area contributed by atoms with Crippen LogP contribution in [0, 0.1) is 24.0 Å². The number of carbonyl (C=O) groups excluding carboxylic acids is 2. The zero-order valence-electron chi connectivity index (χ0n) is 17.4. The van der Waals surface area contributed by atoms with Gasteiger partial charge in [-0.15, -0.1) is 0 Å². The molecule has 2 aromatic rings. The molecule has 10 nitrogen and oxygen atoms in total. The number of ether oxygens (including phenoxy) is 2. The Morgan fingerprint density at radius 2 is 1.84 bits per heavy atom. The molecule has 0 radical (unpaired) electrons. The maximum Gasteiger partial charge on any atom is 0.338 e. The number of nitro benzene ring substituents is 1. The van der Waals surface area contributed by atoms with E-state index in [4.69, 9.17) is 4.74 Å². The molecule has 0 spiro atoms. The summed E-state index contributed by atoms with van der Waals surface area (Å²) in [7, 11) is -3.34. The van der Waals surface area contributed by atoms with Gasteiger partial charge >= 0.3 is 11.9 Å². The van der Waals surface area contributed by atoms with Gasteiger partial charge in [0.25, 0.3) is 15.7 Å². The number of nitrogens with zero attached hydrogens (tertiary/aromatic N) is 2. The first-order chi connectivity index (χ1) is 14.5. The van der Waals surface area contributed by atoms with Crippen molar-refractivity contribution in [2.24, 2.45) is 0 Å². The molecule has 0 atom stereocenters. The Morgan fingerprint density at radius 3 is 2.42 bits per heavy atom. The van der Waals surface area contributed by atoms with Crippen molar-refractivity contribution >= 4 is 33.3 Å². The minimum absolute atomic E-state index is 0.0434. The Kier molecular flexibility index (Phi) is 7.34. The van der Waals surface area contributed by atoms with Gasteiger partial charge in [0.05, 0.1) is 34.8 Å². The number of rotatable bonds is 8. The molecule has 31 heavy (non-hydrogen) atoms. The molecule has 166 valence electrons. The molecule has 0 saturated heterocycles. The van der Waals surface area contributed by atoms with Crippen LogP contribution >= 0.6 is 0 Å². The Labute approximate surface area is 179 Å². The van der Waals surface area contributed by atoms with Crippen LogP contribution in [0.3, 0.4) is 0 Å². The van der Waals surface area contributed by atoms with Gasteiger partial charge in [0.15, 0.2) is 0 Å². The lowest BCUT2D eigenvalue weighted by atomic mass is 10.1. The summed E-state index contributed by atoms with van der Waals surface area (Å²) < 4.78 is 37.4. The van der Waals surface area contributed by atoms with E-state index in [0.29, 0.717) is 0 Å². The molecule has 0 N–H and O–H groups in total. The summed E-state index contributed by atoms with van der Waals surface area (Å²) in [6.45, 7) is 4.06. The van der Waals surface area contributed by atoms with E-state index in [1.165, 1.54) is 44.2 Å². The highest BCUT2D eigenvalue weighted by Crippen LogP contribution is 2.32. The van der Waals surface area contributed by atoms with Crippen LogP contribution in [0.4, 0.5) is 11.4 Å². The average molecular weight is 450 g/mol. The first-order valence-corrected chi connectivity index (χ1v) is 10.6. The number of anilines is 1.